The Labute approximate surface area is 183 Å². The molecule has 1 fully saturated rings. The summed E-state index contributed by atoms with van der Waals surface area (Å²) in [6, 6.07) is 5.89. The van der Waals surface area contributed by atoms with E-state index in [0.717, 1.165) is 24.4 Å². The molecule has 0 radical (unpaired) electrons. The van der Waals surface area contributed by atoms with Crippen LogP contribution in [0.4, 0.5) is 10.8 Å². The van der Waals surface area contributed by atoms with Crippen LogP contribution in [0.2, 0.25) is 0 Å². The summed E-state index contributed by atoms with van der Waals surface area (Å²) in [5, 5.41) is 11.5. The number of rotatable bonds is 8. The zero-order valence-electron chi connectivity index (χ0n) is 17.4. The van der Waals surface area contributed by atoms with E-state index in [1.54, 1.807) is 13.0 Å². The number of nitrogens with zero attached hydrogens (tertiary/aromatic N) is 4. The molecular formula is C20H24N4O6S. The lowest BCUT2D eigenvalue weighted by Gasteiger charge is -2.28. The molecule has 2 heterocycles. The number of carbonyl (C=O) groups is 2. The summed E-state index contributed by atoms with van der Waals surface area (Å²) < 4.78 is 10.5. The van der Waals surface area contributed by atoms with Crippen molar-refractivity contribution in [1.82, 2.24) is 9.88 Å². The molecule has 0 saturated carbocycles. The number of nitro groups is 1. The Balaban J connectivity index is 1.94. The summed E-state index contributed by atoms with van der Waals surface area (Å²) in [7, 11) is 0. The highest BCUT2D eigenvalue weighted by Gasteiger charge is 2.26. The molecule has 0 aliphatic carbocycles. The van der Waals surface area contributed by atoms with Gasteiger partial charge in [-0.05, 0) is 6.92 Å². The molecule has 1 aromatic carbocycles. The summed E-state index contributed by atoms with van der Waals surface area (Å²) >= 11 is 1.05. The lowest BCUT2D eigenvalue weighted by molar-refractivity contribution is -0.384. The molecule has 0 N–H and O–H groups in total. The third-order valence-corrected chi connectivity index (χ3v) is 5.82. The van der Waals surface area contributed by atoms with Crippen molar-refractivity contribution in [3.05, 3.63) is 39.3 Å². The first-order chi connectivity index (χ1) is 14.9. The molecule has 2 aromatic rings. The second-order valence-corrected chi connectivity index (χ2v) is 7.80. The van der Waals surface area contributed by atoms with Gasteiger partial charge in [0.25, 0.3) is 5.69 Å². The van der Waals surface area contributed by atoms with Crippen LogP contribution in [0.15, 0.2) is 24.3 Å². The van der Waals surface area contributed by atoms with Crippen molar-refractivity contribution in [3.63, 3.8) is 0 Å². The van der Waals surface area contributed by atoms with Crippen LogP contribution in [0.25, 0.3) is 11.3 Å². The second-order valence-electron chi connectivity index (χ2n) is 6.83. The van der Waals surface area contributed by atoms with Crippen molar-refractivity contribution in [2.75, 3.05) is 50.9 Å². The zero-order chi connectivity index (χ0) is 22.4. The molecule has 1 aliphatic rings. The molecule has 0 bridgehead atoms. The van der Waals surface area contributed by atoms with E-state index < -0.39 is 10.9 Å². The van der Waals surface area contributed by atoms with Gasteiger partial charge in [0.2, 0.25) is 5.91 Å². The van der Waals surface area contributed by atoms with E-state index >= 15 is 0 Å². The Morgan fingerprint density at radius 2 is 2.10 bits per heavy atom. The van der Waals surface area contributed by atoms with E-state index in [1.807, 2.05) is 0 Å². The number of ether oxygens (including phenoxy) is 2. The number of nitro benzene ring substituents is 1. The Morgan fingerprint density at radius 3 is 2.74 bits per heavy atom. The van der Waals surface area contributed by atoms with Gasteiger partial charge >= 0.3 is 5.97 Å². The fourth-order valence-corrected chi connectivity index (χ4v) is 4.23. The standard InChI is InChI=1S/C20H24N4O6S/c1-3-30-19(26)18-17(15-5-4-6-16(13-15)24(27)28)21-20(31-18)23(14(2)25)8-7-22-9-11-29-12-10-22/h4-6,13H,3,7-12H2,1-2H3. The van der Waals surface area contributed by atoms with Crippen LogP contribution < -0.4 is 4.90 Å². The van der Waals surface area contributed by atoms with E-state index in [9.17, 15) is 19.7 Å². The maximum atomic E-state index is 12.6. The molecule has 0 spiro atoms. The minimum Gasteiger partial charge on any atom is -0.462 e. The lowest BCUT2D eigenvalue weighted by Crippen LogP contribution is -2.42. The van der Waals surface area contributed by atoms with E-state index in [4.69, 9.17) is 9.47 Å². The quantitative estimate of drug-likeness (QED) is 0.344. The molecule has 10 nitrogen and oxygen atoms in total. The number of hydrogen-bond donors (Lipinski definition) is 0. The predicted molar refractivity (Wildman–Crippen MR) is 115 cm³/mol. The van der Waals surface area contributed by atoms with E-state index in [-0.39, 0.29) is 28.8 Å². The van der Waals surface area contributed by atoms with Crippen LogP contribution in [0.1, 0.15) is 23.5 Å². The minimum atomic E-state index is -0.579. The van der Waals surface area contributed by atoms with Gasteiger partial charge in [-0.25, -0.2) is 9.78 Å². The number of aromatic nitrogens is 1. The molecular weight excluding hydrogens is 424 g/mol. The Morgan fingerprint density at radius 1 is 1.35 bits per heavy atom. The number of non-ortho nitro benzene ring substituents is 1. The van der Waals surface area contributed by atoms with Gasteiger partial charge in [-0.3, -0.25) is 24.7 Å². The van der Waals surface area contributed by atoms with Crippen molar-refractivity contribution < 1.29 is 24.0 Å². The molecule has 1 amide bonds. The van der Waals surface area contributed by atoms with Gasteiger partial charge in [0.1, 0.15) is 4.88 Å². The van der Waals surface area contributed by atoms with Crippen LogP contribution in [0.3, 0.4) is 0 Å². The Hall–Kier alpha value is -2.89. The minimum absolute atomic E-state index is 0.113. The van der Waals surface area contributed by atoms with Crippen molar-refractivity contribution >= 4 is 34.0 Å². The highest BCUT2D eigenvalue weighted by atomic mass is 32.1. The first kappa shape index (κ1) is 22.8. The van der Waals surface area contributed by atoms with Crippen molar-refractivity contribution in [2.45, 2.75) is 13.8 Å². The van der Waals surface area contributed by atoms with Crippen LogP contribution in [-0.2, 0) is 14.3 Å². The number of hydrogen-bond acceptors (Lipinski definition) is 9. The van der Waals surface area contributed by atoms with Crippen molar-refractivity contribution in [2.24, 2.45) is 0 Å². The number of anilines is 1. The van der Waals surface area contributed by atoms with E-state index in [2.05, 4.69) is 9.88 Å². The van der Waals surface area contributed by atoms with Crippen LogP contribution in [-0.4, -0.2) is 72.7 Å². The number of esters is 1. The first-order valence-electron chi connectivity index (χ1n) is 9.91. The zero-order valence-corrected chi connectivity index (χ0v) is 18.2. The van der Waals surface area contributed by atoms with Crippen LogP contribution in [0, 0.1) is 10.1 Å². The number of carbonyl (C=O) groups excluding carboxylic acids is 2. The molecule has 3 rings (SSSR count). The normalized spacial score (nSPS) is 14.3. The molecule has 0 unspecified atom stereocenters. The average Bonchev–Trinajstić information content (AvgIpc) is 3.20. The predicted octanol–water partition coefficient (Wildman–Crippen LogP) is 2.58. The Bertz CT molecular complexity index is 957. The fourth-order valence-electron chi connectivity index (χ4n) is 3.18. The second kappa shape index (κ2) is 10.4. The molecule has 31 heavy (non-hydrogen) atoms. The molecule has 1 saturated heterocycles. The summed E-state index contributed by atoms with van der Waals surface area (Å²) in [5.74, 6) is -0.785. The largest absolute Gasteiger partial charge is 0.462 e. The van der Waals surface area contributed by atoms with E-state index in [0.29, 0.717) is 37.0 Å². The van der Waals surface area contributed by atoms with Gasteiger partial charge in [-0.2, -0.15) is 0 Å². The van der Waals surface area contributed by atoms with Gasteiger partial charge in [-0.15, -0.1) is 0 Å². The van der Waals surface area contributed by atoms with Crippen molar-refractivity contribution in [3.8, 4) is 11.3 Å². The van der Waals surface area contributed by atoms with Crippen molar-refractivity contribution in [1.29, 1.82) is 0 Å². The molecule has 11 heteroatoms. The third kappa shape index (κ3) is 5.63. The van der Waals surface area contributed by atoms with Gasteiger partial charge in [-0.1, -0.05) is 23.5 Å². The molecule has 166 valence electrons. The molecule has 1 aromatic heterocycles. The maximum absolute atomic E-state index is 12.6. The Kier molecular flexibility index (Phi) is 7.66. The molecule has 0 atom stereocenters. The van der Waals surface area contributed by atoms with E-state index in [1.165, 1.54) is 30.0 Å². The SMILES string of the molecule is CCOC(=O)c1sc(N(CCN2CCOCC2)C(C)=O)nc1-c1cccc([N+](=O)[O-])c1. The third-order valence-electron chi connectivity index (χ3n) is 4.76. The average molecular weight is 449 g/mol. The fraction of sp³-hybridized carbons (Fsp3) is 0.450. The maximum Gasteiger partial charge on any atom is 0.350 e. The monoisotopic (exact) mass is 448 g/mol. The smallest absolute Gasteiger partial charge is 0.350 e. The summed E-state index contributed by atoms with van der Waals surface area (Å²) in [6.07, 6.45) is 0. The topological polar surface area (TPSA) is 115 Å². The van der Waals surface area contributed by atoms with Gasteiger partial charge in [0.15, 0.2) is 5.13 Å². The lowest BCUT2D eigenvalue weighted by atomic mass is 10.1. The molecule has 1 aliphatic heterocycles. The highest BCUT2D eigenvalue weighted by Crippen LogP contribution is 2.35. The summed E-state index contributed by atoms with van der Waals surface area (Å²) in [5.41, 5.74) is 0.564. The summed E-state index contributed by atoms with van der Waals surface area (Å²) in [4.78, 5) is 44.0. The number of morpholine rings is 1. The first-order valence-corrected chi connectivity index (χ1v) is 10.7. The number of thiazole rings is 1. The number of amides is 1. The van der Waals surface area contributed by atoms with Crippen LogP contribution >= 0.6 is 11.3 Å². The van der Waals surface area contributed by atoms with Gasteiger partial charge < -0.3 is 9.47 Å². The summed E-state index contributed by atoms with van der Waals surface area (Å²) in [6.45, 7) is 7.24. The van der Waals surface area contributed by atoms with Gasteiger partial charge in [0, 0.05) is 50.8 Å². The van der Waals surface area contributed by atoms with Crippen LogP contribution in [0.5, 0.6) is 0 Å². The van der Waals surface area contributed by atoms with Gasteiger partial charge in [0.05, 0.1) is 30.4 Å². The number of benzene rings is 1. The highest BCUT2D eigenvalue weighted by molar-refractivity contribution is 7.18.